The highest BCUT2D eigenvalue weighted by Crippen LogP contribution is 2.37. The number of nitro groups is 1. The van der Waals surface area contributed by atoms with Crippen LogP contribution in [0.25, 0.3) is 0 Å². The Morgan fingerprint density at radius 3 is 2.79 bits per heavy atom. The highest BCUT2D eigenvalue weighted by molar-refractivity contribution is 5.65. The summed E-state index contributed by atoms with van der Waals surface area (Å²) < 4.78 is 11.3. The molecule has 2 heterocycles. The molecule has 6 nitrogen and oxygen atoms in total. The Bertz CT molecular complexity index is 511. The van der Waals surface area contributed by atoms with E-state index < -0.39 is 5.79 Å². The van der Waals surface area contributed by atoms with E-state index in [4.69, 9.17) is 9.47 Å². The van der Waals surface area contributed by atoms with Gasteiger partial charge in [-0.15, -0.1) is 0 Å². The van der Waals surface area contributed by atoms with Gasteiger partial charge in [-0.1, -0.05) is 6.07 Å². The van der Waals surface area contributed by atoms with Crippen LogP contribution in [-0.2, 0) is 9.47 Å². The van der Waals surface area contributed by atoms with E-state index in [1.165, 1.54) is 0 Å². The van der Waals surface area contributed by atoms with Crippen LogP contribution in [0.3, 0.4) is 0 Å². The predicted octanol–water partition coefficient (Wildman–Crippen LogP) is 1.86. The molecule has 2 saturated heterocycles. The van der Waals surface area contributed by atoms with Gasteiger partial charge in [0.1, 0.15) is 5.69 Å². The van der Waals surface area contributed by atoms with Crippen molar-refractivity contribution >= 4 is 11.4 Å². The molecule has 0 saturated carbocycles. The van der Waals surface area contributed by atoms with Gasteiger partial charge in [-0.2, -0.15) is 0 Å². The van der Waals surface area contributed by atoms with Gasteiger partial charge in [0.25, 0.3) is 5.69 Å². The van der Waals surface area contributed by atoms with Crippen LogP contribution in [0.2, 0.25) is 0 Å². The lowest BCUT2D eigenvalue weighted by Crippen LogP contribution is -2.34. The Morgan fingerprint density at radius 2 is 2.11 bits per heavy atom. The molecule has 2 fully saturated rings. The summed E-state index contributed by atoms with van der Waals surface area (Å²) in [6, 6.07) is 5.31. The van der Waals surface area contributed by atoms with Gasteiger partial charge in [0.2, 0.25) is 0 Å². The van der Waals surface area contributed by atoms with Crippen LogP contribution in [-0.4, -0.2) is 37.0 Å². The first kappa shape index (κ1) is 12.4. The van der Waals surface area contributed by atoms with E-state index in [2.05, 4.69) is 0 Å². The standard InChI is InChI=1S/C13H16N2O4/c1-10-2-3-11(12(8-10)15(16)17)14-5-4-13(9-14)18-6-7-19-13/h2-3,8H,4-7,9H2,1H3. The first-order chi connectivity index (χ1) is 9.10. The number of anilines is 1. The van der Waals surface area contributed by atoms with Gasteiger partial charge in [0.05, 0.1) is 24.7 Å². The van der Waals surface area contributed by atoms with E-state index >= 15 is 0 Å². The summed E-state index contributed by atoms with van der Waals surface area (Å²) in [5.74, 6) is -0.557. The summed E-state index contributed by atoms with van der Waals surface area (Å²) in [5, 5.41) is 11.2. The zero-order chi connectivity index (χ0) is 13.5. The maximum atomic E-state index is 11.2. The molecule has 2 aliphatic rings. The monoisotopic (exact) mass is 264 g/mol. The lowest BCUT2D eigenvalue weighted by Gasteiger charge is -2.23. The largest absolute Gasteiger partial charge is 0.360 e. The minimum Gasteiger partial charge on any atom is -0.360 e. The van der Waals surface area contributed by atoms with Crippen molar-refractivity contribution in [3.05, 3.63) is 33.9 Å². The summed E-state index contributed by atoms with van der Waals surface area (Å²) >= 11 is 0. The van der Waals surface area contributed by atoms with Gasteiger partial charge in [-0.25, -0.2) is 0 Å². The fourth-order valence-electron chi connectivity index (χ4n) is 2.74. The van der Waals surface area contributed by atoms with Crippen LogP contribution in [0.1, 0.15) is 12.0 Å². The van der Waals surface area contributed by atoms with Crippen LogP contribution < -0.4 is 4.90 Å². The number of benzene rings is 1. The van der Waals surface area contributed by atoms with Crippen molar-refractivity contribution in [3.8, 4) is 0 Å². The molecule has 1 aromatic carbocycles. The van der Waals surface area contributed by atoms with Crippen LogP contribution in [0.5, 0.6) is 0 Å². The van der Waals surface area contributed by atoms with E-state index in [1.54, 1.807) is 12.1 Å². The smallest absolute Gasteiger partial charge is 0.292 e. The molecule has 0 bridgehead atoms. The summed E-state index contributed by atoms with van der Waals surface area (Å²) in [6.07, 6.45) is 0.748. The van der Waals surface area contributed by atoms with Crippen LogP contribution in [0, 0.1) is 17.0 Å². The molecular formula is C13H16N2O4. The molecule has 0 unspecified atom stereocenters. The number of nitrogens with zero attached hydrogens (tertiary/aromatic N) is 2. The number of ether oxygens (including phenoxy) is 2. The van der Waals surface area contributed by atoms with Crippen molar-refractivity contribution in [1.82, 2.24) is 0 Å². The Morgan fingerprint density at radius 1 is 1.37 bits per heavy atom. The molecule has 0 aromatic heterocycles. The summed E-state index contributed by atoms with van der Waals surface area (Å²) in [5.41, 5.74) is 1.68. The molecule has 0 atom stereocenters. The number of hydrogen-bond donors (Lipinski definition) is 0. The Labute approximate surface area is 111 Å². The maximum absolute atomic E-state index is 11.2. The van der Waals surface area contributed by atoms with Gasteiger partial charge in [-0.3, -0.25) is 10.1 Å². The predicted molar refractivity (Wildman–Crippen MR) is 69.3 cm³/mol. The fraction of sp³-hybridized carbons (Fsp3) is 0.538. The zero-order valence-corrected chi connectivity index (χ0v) is 10.8. The molecule has 19 heavy (non-hydrogen) atoms. The topological polar surface area (TPSA) is 64.8 Å². The first-order valence-electron chi connectivity index (χ1n) is 6.38. The van der Waals surface area contributed by atoms with Gasteiger partial charge in [0.15, 0.2) is 5.79 Å². The van der Waals surface area contributed by atoms with Crippen LogP contribution in [0.4, 0.5) is 11.4 Å². The Kier molecular flexibility index (Phi) is 2.91. The van der Waals surface area contributed by atoms with E-state index in [1.807, 2.05) is 17.9 Å². The molecule has 2 aliphatic heterocycles. The van der Waals surface area contributed by atoms with E-state index in [-0.39, 0.29) is 10.6 Å². The average molecular weight is 264 g/mol. The van der Waals surface area contributed by atoms with E-state index in [9.17, 15) is 10.1 Å². The first-order valence-corrected chi connectivity index (χ1v) is 6.38. The summed E-state index contributed by atoms with van der Waals surface area (Å²) in [4.78, 5) is 12.8. The highest BCUT2D eigenvalue weighted by Gasteiger charge is 2.44. The number of aryl methyl sites for hydroxylation is 1. The third-order valence-electron chi connectivity index (χ3n) is 3.68. The number of nitro benzene ring substituents is 1. The molecule has 1 aromatic rings. The second-order valence-corrected chi connectivity index (χ2v) is 5.03. The SMILES string of the molecule is Cc1ccc(N2CCC3(C2)OCCO3)c([N+](=O)[O-])c1. The molecule has 3 rings (SSSR count). The molecule has 0 radical (unpaired) electrons. The Balaban J connectivity index is 1.89. The zero-order valence-electron chi connectivity index (χ0n) is 10.8. The molecule has 1 spiro atoms. The van der Waals surface area contributed by atoms with E-state index in [0.29, 0.717) is 32.0 Å². The van der Waals surface area contributed by atoms with Gasteiger partial charge in [-0.05, 0) is 18.6 Å². The Hall–Kier alpha value is -1.66. The summed E-state index contributed by atoms with van der Waals surface area (Å²) in [7, 11) is 0. The second kappa shape index (κ2) is 4.47. The lowest BCUT2D eigenvalue weighted by atomic mass is 10.2. The third kappa shape index (κ3) is 2.17. The van der Waals surface area contributed by atoms with Crippen molar-refractivity contribution in [2.75, 3.05) is 31.2 Å². The average Bonchev–Trinajstić information content (AvgIpc) is 3.00. The minimum absolute atomic E-state index is 0.148. The van der Waals surface area contributed by atoms with Gasteiger partial charge in [0, 0.05) is 19.0 Å². The molecule has 6 heteroatoms. The van der Waals surface area contributed by atoms with Gasteiger partial charge < -0.3 is 14.4 Å². The quantitative estimate of drug-likeness (QED) is 0.602. The lowest BCUT2D eigenvalue weighted by molar-refractivity contribution is -0.384. The van der Waals surface area contributed by atoms with Crippen molar-refractivity contribution in [3.63, 3.8) is 0 Å². The van der Waals surface area contributed by atoms with Crippen LogP contribution in [0.15, 0.2) is 18.2 Å². The minimum atomic E-state index is -0.557. The van der Waals surface area contributed by atoms with Crippen LogP contribution >= 0.6 is 0 Å². The highest BCUT2D eigenvalue weighted by atomic mass is 16.7. The van der Waals surface area contributed by atoms with E-state index in [0.717, 1.165) is 12.0 Å². The molecular weight excluding hydrogens is 248 g/mol. The molecule has 0 aliphatic carbocycles. The number of hydrogen-bond acceptors (Lipinski definition) is 5. The third-order valence-corrected chi connectivity index (χ3v) is 3.68. The second-order valence-electron chi connectivity index (χ2n) is 5.03. The molecule has 0 amide bonds. The van der Waals surface area contributed by atoms with Crippen molar-refractivity contribution in [2.24, 2.45) is 0 Å². The maximum Gasteiger partial charge on any atom is 0.292 e. The van der Waals surface area contributed by atoms with Gasteiger partial charge >= 0.3 is 0 Å². The molecule has 102 valence electrons. The van der Waals surface area contributed by atoms with Crippen molar-refractivity contribution < 1.29 is 14.4 Å². The molecule has 0 N–H and O–H groups in total. The normalized spacial score (nSPS) is 21.2. The van der Waals surface area contributed by atoms with Crippen molar-refractivity contribution in [2.45, 2.75) is 19.1 Å². The summed E-state index contributed by atoms with van der Waals surface area (Å²) in [6.45, 7) is 4.32. The fourth-order valence-corrected chi connectivity index (χ4v) is 2.74. The van der Waals surface area contributed by atoms with Crippen molar-refractivity contribution in [1.29, 1.82) is 0 Å². The number of rotatable bonds is 2.